The molecule has 2 aliphatic rings. The Bertz CT molecular complexity index is 264. The molecule has 0 aromatic carbocycles. The smallest absolute Gasteiger partial charge is 0.227 e. The van der Waals surface area contributed by atoms with E-state index in [4.69, 9.17) is 10.5 Å². The minimum atomic E-state index is -0.0385. The van der Waals surface area contributed by atoms with Gasteiger partial charge in [0.15, 0.2) is 0 Å². The van der Waals surface area contributed by atoms with Gasteiger partial charge in [-0.15, -0.1) is 0 Å². The van der Waals surface area contributed by atoms with E-state index in [1.165, 1.54) is 0 Å². The lowest BCUT2D eigenvalue weighted by molar-refractivity contribution is -0.135. The summed E-state index contributed by atoms with van der Waals surface area (Å²) >= 11 is 0. The van der Waals surface area contributed by atoms with E-state index in [1.54, 1.807) is 0 Å². The minimum Gasteiger partial charge on any atom is -0.375 e. The predicted octanol–water partition coefficient (Wildman–Crippen LogP) is 1.14. The molecule has 0 spiro atoms. The highest BCUT2D eigenvalue weighted by Gasteiger charge is 2.30. The number of likely N-dealkylation sites (tertiary alicyclic amines) is 1. The molecule has 2 saturated heterocycles. The van der Waals surface area contributed by atoms with Crippen molar-refractivity contribution in [2.24, 2.45) is 11.7 Å². The van der Waals surface area contributed by atoms with Gasteiger partial charge in [0.05, 0.1) is 18.1 Å². The number of rotatable bonds is 4. The van der Waals surface area contributed by atoms with Crippen molar-refractivity contribution >= 4 is 5.91 Å². The van der Waals surface area contributed by atoms with Crippen molar-refractivity contribution in [2.75, 3.05) is 19.6 Å². The van der Waals surface area contributed by atoms with Crippen LogP contribution < -0.4 is 5.73 Å². The number of hydrogen-bond donors (Lipinski definition) is 1. The van der Waals surface area contributed by atoms with Crippen molar-refractivity contribution in [3.8, 4) is 0 Å². The van der Waals surface area contributed by atoms with Crippen LogP contribution in [0.4, 0.5) is 0 Å². The van der Waals surface area contributed by atoms with Crippen LogP contribution in [0.2, 0.25) is 0 Å². The number of carbonyl (C=O) groups excluding carboxylic acids is 1. The van der Waals surface area contributed by atoms with Gasteiger partial charge >= 0.3 is 0 Å². The second-order valence-corrected chi connectivity index (χ2v) is 5.35. The largest absolute Gasteiger partial charge is 0.375 e. The van der Waals surface area contributed by atoms with Crippen molar-refractivity contribution < 1.29 is 9.53 Å². The molecule has 1 amide bonds. The standard InChI is InChI=1S/C13H24N2O2/c1-10-4-5-12(17-10)8-11(9-14)13(16)15-6-2-3-7-15/h10-12H,2-9,14H2,1H3. The van der Waals surface area contributed by atoms with Crippen LogP contribution in [0.5, 0.6) is 0 Å². The van der Waals surface area contributed by atoms with E-state index in [2.05, 4.69) is 6.92 Å². The van der Waals surface area contributed by atoms with Crippen LogP contribution in [0.1, 0.15) is 39.0 Å². The maximum Gasteiger partial charge on any atom is 0.227 e. The van der Waals surface area contributed by atoms with Gasteiger partial charge in [0.1, 0.15) is 0 Å². The third kappa shape index (κ3) is 3.19. The fourth-order valence-corrected chi connectivity index (χ4v) is 2.87. The Balaban J connectivity index is 1.85. The topological polar surface area (TPSA) is 55.6 Å². The molecule has 3 atom stereocenters. The zero-order chi connectivity index (χ0) is 12.3. The summed E-state index contributed by atoms with van der Waals surface area (Å²) in [6, 6.07) is 0. The third-order valence-electron chi connectivity index (χ3n) is 3.92. The highest BCUT2D eigenvalue weighted by Crippen LogP contribution is 2.25. The van der Waals surface area contributed by atoms with Gasteiger partial charge in [0.2, 0.25) is 5.91 Å². The molecular weight excluding hydrogens is 216 g/mol. The number of nitrogens with two attached hydrogens (primary N) is 1. The van der Waals surface area contributed by atoms with E-state index >= 15 is 0 Å². The van der Waals surface area contributed by atoms with Gasteiger partial charge in [-0.2, -0.15) is 0 Å². The second kappa shape index (κ2) is 5.83. The molecule has 98 valence electrons. The molecular formula is C13H24N2O2. The van der Waals surface area contributed by atoms with Crippen molar-refractivity contribution in [3.05, 3.63) is 0 Å². The van der Waals surface area contributed by atoms with Crippen molar-refractivity contribution in [2.45, 2.75) is 51.2 Å². The molecule has 2 fully saturated rings. The maximum absolute atomic E-state index is 12.2. The fourth-order valence-electron chi connectivity index (χ4n) is 2.87. The van der Waals surface area contributed by atoms with Crippen molar-refractivity contribution in [1.82, 2.24) is 4.90 Å². The Morgan fingerprint density at radius 2 is 2.12 bits per heavy atom. The van der Waals surface area contributed by atoms with Gasteiger partial charge in [0.25, 0.3) is 0 Å². The molecule has 2 heterocycles. The maximum atomic E-state index is 12.2. The van der Waals surface area contributed by atoms with Crippen LogP contribution in [0.15, 0.2) is 0 Å². The Morgan fingerprint density at radius 3 is 2.65 bits per heavy atom. The molecule has 0 aromatic rings. The molecule has 3 unspecified atom stereocenters. The first-order valence-corrected chi connectivity index (χ1v) is 6.85. The van der Waals surface area contributed by atoms with Gasteiger partial charge in [-0.25, -0.2) is 0 Å². The lowest BCUT2D eigenvalue weighted by Gasteiger charge is -2.24. The summed E-state index contributed by atoms with van der Waals surface area (Å²) in [5.41, 5.74) is 5.75. The molecule has 2 N–H and O–H groups in total. The first-order chi connectivity index (χ1) is 8.20. The van der Waals surface area contributed by atoms with E-state index < -0.39 is 0 Å². The molecule has 0 radical (unpaired) electrons. The SMILES string of the molecule is CC1CCC(CC(CN)C(=O)N2CCCC2)O1. The minimum absolute atomic E-state index is 0.0385. The lowest BCUT2D eigenvalue weighted by atomic mass is 9.98. The molecule has 2 aliphatic heterocycles. The van der Waals surface area contributed by atoms with Crippen LogP contribution in [-0.4, -0.2) is 42.6 Å². The van der Waals surface area contributed by atoms with E-state index in [1.807, 2.05) is 4.90 Å². The summed E-state index contributed by atoms with van der Waals surface area (Å²) in [6.45, 7) is 4.37. The van der Waals surface area contributed by atoms with Crippen LogP contribution in [0.3, 0.4) is 0 Å². The summed E-state index contributed by atoms with van der Waals surface area (Å²) < 4.78 is 5.78. The molecule has 4 heteroatoms. The Hall–Kier alpha value is -0.610. The zero-order valence-electron chi connectivity index (χ0n) is 10.7. The lowest BCUT2D eigenvalue weighted by Crippen LogP contribution is -2.39. The predicted molar refractivity (Wildman–Crippen MR) is 66.5 cm³/mol. The third-order valence-corrected chi connectivity index (χ3v) is 3.92. The van der Waals surface area contributed by atoms with Gasteiger partial charge in [-0.1, -0.05) is 0 Å². The van der Waals surface area contributed by atoms with Gasteiger partial charge in [-0.3, -0.25) is 4.79 Å². The number of amides is 1. The van der Waals surface area contributed by atoms with Crippen molar-refractivity contribution in [3.63, 3.8) is 0 Å². The number of ether oxygens (including phenoxy) is 1. The quantitative estimate of drug-likeness (QED) is 0.801. The molecule has 17 heavy (non-hydrogen) atoms. The Labute approximate surface area is 103 Å². The van der Waals surface area contributed by atoms with Crippen LogP contribution in [0, 0.1) is 5.92 Å². The first kappa shape index (κ1) is 12.8. The monoisotopic (exact) mass is 240 g/mol. The number of carbonyl (C=O) groups is 1. The molecule has 0 aliphatic carbocycles. The highest BCUT2D eigenvalue weighted by atomic mass is 16.5. The van der Waals surface area contributed by atoms with E-state index in [0.29, 0.717) is 12.6 Å². The van der Waals surface area contributed by atoms with Gasteiger partial charge < -0.3 is 15.4 Å². The highest BCUT2D eigenvalue weighted by molar-refractivity contribution is 5.79. The first-order valence-electron chi connectivity index (χ1n) is 6.85. The number of nitrogens with zero attached hydrogens (tertiary/aromatic N) is 1. The summed E-state index contributed by atoms with van der Waals surface area (Å²) in [6.07, 6.45) is 5.85. The summed E-state index contributed by atoms with van der Waals surface area (Å²) in [7, 11) is 0. The van der Waals surface area contributed by atoms with Crippen LogP contribution in [-0.2, 0) is 9.53 Å². The second-order valence-electron chi connectivity index (χ2n) is 5.35. The summed E-state index contributed by atoms with van der Waals surface area (Å²) in [5.74, 6) is 0.205. The molecule has 0 aromatic heterocycles. The van der Waals surface area contributed by atoms with Gasteiger partial charge in [-0.05, 0) is 39.0 Å². The fraction of sp³-hybridized carbons (Fsp3) is 0.923. The molecule has 0 bridgehead atoms. The van der Waals surface area contributed by atoms with E-state index in [0.717, 1.165) is 45.2 Å². The average Bonchev–Trinajstić information content (AvgIpc) is 2.96. The molecule has 0 saturated carbocycles. The average molecular weight is 240 g/mol. The Morgan fingerprint density at radius 1 is 1.41 bits per heavy atom. The summed E-state index contributed by atoms with van der Waals surface area (Å²) in [5, 5.41) is 0. The van der Waals surface area contributed by atoms with E-state index in [9.17, 15) is 4.79 Å². The summed E-state index contributed by atoms with van der Waals surface area (Å²) in [4.78, 5) is 14.2. The van der Waals surface area contributed by atoms with E-state index in [-0.39, 0.29) is 17.9 Å². The van der Waals surface area contributed by atoms with Crippen LogP contribution in [0.25, 0.3) is 0 Å². The molecule has 4 nitrogen and oxygen atoms in total. The van der Waals surface area contributed by atoms with Crippen LogP contribution >= 0.6 is 0 Å². The Kier molecular flexibility index (Phi) is 4.40. The molecule has 2 rings (SSSR count). The zero-order valence-corrected chi connectivity index (χ0v) is 10.7. The van der Waals surface area contributed by atoms with Gasteiger partial charge in [0, 0.05) is 19.6 Å². The normalized spacial score (nSPS) is 30.8. The van der Waals surface area contributed by atoms with Crippen molar-refractivity contribution in [1.29, 1.82) is 0 Å². The number of hydrogen-bond acceptors (Lipinski definition) is 3.